The number of anilines is 1. The second kappa shape index (κ2) is 11.5. The van der Waals surface area contributed by atoms with Gasteiger partial charge in [-0.2, -0.15) is 5.10 Å². The van der Waals surface area contributed by atoms with Crippen molar-refractivity contribution in [1.29, 1.82) is 0 Å². The molecule has 0 saturated carbocycles. The summed E-state index contributed by atoms with van der Waals surface area (Å²) in [5.74, 6) is -1.69. The molecule has 1 aliphatic rings. The summed E-state index contributed by atoms with van der Waals surface area (Å²) in [7, 11) is 3.10. The van der Waals surface area contributed by atoms with Crippen molar-refractivity contribution in [1.82, 2.24) is 14.8 Å². The van der Waals surface area contributed by atoms with Crippen LogP contribution in [0.3, 0.4) is 0 Å². The number of benzene rings is 1. The highest BCUT2D eigenvalue weighted by Gasteiger charge is 2.17. The summed E-state index contributed by atoms with van der Waals surface area (Å²) in [6.45, 7) is 1.77. The summed E-state index contributed by atoms with van der Waals surface area (Å²) in [5.41, 5.74) is 5.77. The Hall–Kier alpha value is -3.37. The Bertz CT molecular complexity index is 1080. The van der Waals surface area contributed by atoms with E-state index >= 15 is 0 Å². The first-order valence-electron chi connectivity index (χ1n) is 10.5. The lowest BCUT2D eigenvalue weighted by molar-refractivity contribution is 0.102. The van der Waals surface area contributed by atoms with Crippen molar-refractivity contribution in [3.63, 3.8) is 0 Å². The third-order valence-electron chi connectivity index (χ3n) is 4.97. The van der Waals surface area contributed by atoms with Gasteiger partial charge in [0.1, 0.15) is 28.8 Å². The van der Waals surface area contributed by atoms with E-state index in [1.807, 2.05) is 0 Å². The van der Waals surface area contributed by atoms with Crippen molar-refractivity contribution in [2.75, 3.05) is 25.6 Å². The summed E-state index contributed by atoms with van der Waals surface area (Å²) < 4.78 is 39.9. The van der Waals surface area contributed by atoms with Gasteiger partial charge in [0.15, 0.2) is 0 Å². The largest absolute Gasteiger partial charge is 0.497 e. The molecular formula is C23H27F2N5O3. The van der Waals surface area contributed by atoms with Gasteiger partial charge in [-0.3, -0.25) is 9.48 Å². The van der Waals surface area contributed by atoms with Crippen molar-refractivity contribution in [3.05, 3.63) is 60.1 Å². The van der Waals surface area contributed by atoms with Crippen LogP contribution in [0.4, 0.5) is 14.5 Å². The van der Waals surface area contributed by atoms with E-state index in [2.05, 4.69) is 15.4 Å². The minimum absolute atomic E-state index is 0.0459. The smallest absolute Gasteiger partial charge is 0.274 e. The van der Waals surface area contributed by atoms with Crippen molar-refractivity contribution in [2.45, 2.75) is 25.3 Å². The number of nitrogens with two attached hydrogens (primary N) is 1. The van der Waals surface area contributed by atoms with Crippen LogP contribution in [0.2, 0.25) is 0 Å². The number of carbonyl (C=O) groups excluding carboxylic acids is 1. The quantitative estimate of drug-likeness (QED) is 0.619. The fourth-order valence-electron chi connectivity index (χ4n) is 3.18. The van der Waals surface area contributed by atoms with E-state index in [9.17, 15) is 13.6 Å². The lowest BCUT2D eigenvalue weighted by Gasteiger charge is -2.08. The maximum atomic E-state index is 14.2. The van der Waals surface area contributed by atoms with Crippen LogP contribution in [0.1, 0.15) is 29.8 Å². The summed E-state index contributed by atoms with van der Waals surface area (Å²) in [5, 5.41) is 6.52. The number of carbonyl (C=O) groups is 1. The molecule has 2 aromatic heterocycles. The number of aryl methyl sites for hydroxylation is 1. The molecule has 1 unspecified atom stereocenters. The van der Waals surface area contributed by atoms with E-state index in [0.717, 1.165) is 44.6 Å². The van der Waals surface area contributed by atoms with Gasteiger partial charge in [-0.05, 0) is 43.5 Å². The Morgan fingerprint density at radius 2 is 2.03 bits per heavy atom. The highest BCUT2D eigenvalue weighted by molar-refractivity contribution is 6.03. The maximum Gasteiger partial charge on any atom is 0.274 e. The molecule has 0 bridgehead atoms. The van der Waals surface area contributed by atoms with Crippen molar-refractivity contribution in [2.24, 2.45) is 12.8 Å². The average Bonchev–Trinajstić information content (AvgIpc) is 3.05. The van der Waals surface area contributed by atoms with E-state index in [0.29, 0.717) is 17.5 Å². The fraction of sp³-hybridized carbons (Fsp3) is 0.348. The number of amides is 1. The molecule has 1 fully saturated rings. The molecule has 0 spiro atoms. The molecule has 1 aliphatic heterocycles. The minimum Gasteiger partial charge on any atom is -0.497 e. The van der Waals surface area contributed by atoms with Crippen LogP contribution in [0, 0.1) is 11.6 Å². The Balaban J connectivity index is 0.000000323. The molecular weight excluding hydrogens is 432 g/mol. The first-order valence-corrected chi connectivity index (χ1v) is 10.5. The molecule has 0 radical (unpaired) electrons. The predicted octanol–water partition coefficient (Wildman–Crippen LogP) is 3.54. The topological polar surface area (TPSA) is 104 Å². The van der Waals surface area contributed by atoms with Gasteiger partial charge in [-0.25, -0.2) is 13.8 Å². The molecule has 1 atom stereocenters. The zero-order valence-electron chi connectivity index (χ0n) is 18.6. The van der Waals surface area contributed by atoms with E-state index in [1.54, 1.807) is 13.2 Å². The first-order chi connectivity index (χ1) is 15.9. The average molecular weight is 459 g/mol. The van der Waals surface area contributed by atoms with Crippen molar-refractivity contribution < 1.29 is 23.0 Å². The number of pyridine rings is 1. The van der Waals surface area contributed by atoms with Gasteiger partial charge in [-0.15, -0.1) is 0 Å². The molecule has 1 aromatic carbocycles. The van der Waals surface area contributed by atoms with E-state index in [1.165, 1.54) is 36.2 Å². The summed E-state index contributed by atoms with van der Waals surface area (Å²) in [6.07, 6.45) is 6.39. The highest BCUT2D eigenvalue weighted by atomic mass is 19.1. The number of rotatable bonds is 4. The molecule has 1 saturated heterocycles. The van der Waals surface area contributed by atoms with Gasteiger partial charge >= 0.3 is 0 Å². The second-order valence-corrected chi connectivity index (χ2v) is 7.53. The predicted molar refractivity (Wildman–Crippen MR) is 120 cm³/mol. The summed E-state index contributed by atoms with van der Waals surface area (Å²) >= 11 is 0. The molecule has 33 heavy (non-hydrogen) atoms. The van der Waals surface area contributed by atoms with Crippen LogP contribution in [0.5, 0.6) is 5.75 Å². The van der Waals surface area contributed by atoms with Crippen LogP contribution in [-0.2, 0) is 11.8 Å². The van der Waals surface area contributed by atoms with E-state index < -0.39 is 17.5 Å². The molecule has 1 amide bonds. The van der Waals surface area contributed by atoms with Crippen molar-refractivity contribution in [3.8, 4) is 17.0 Å². The fourth-order valence-corrected chi connectivity index (χ4v) is 3.18. The Labute approximate surface area is 190 Å². The van der Waals surface area contributed by atoms with Crippen molar-refractivity contribution >= 4 is 11.6 Å². The number of hydrogen-bond donors (Lipinski definition) is 2. The van der Waals surface area contributed by atoms with Gasteiger partial charge in [0.2, 0.25) is 0 Å². The minimum atomic E-state index is -0.734. The van der Waals surface area contributed by atoms with E-state index in [4.69, 9.17) is 15.2 Å². The normalized spacial score (nSPS) is 15.7. The SMILES string of the molecule is COc1ccc(-c2nc(C(=O)Nc3cnn(C)c3)ccc2F)c(F)c1.NC1CCCOCC1. The molecule has 4 rings (SSSR count). The Morgan fingerprint density at radius 3 is 2.73 bits per heavy atom. The van der Waals surface area contributed by atoms with Crippen LogP contribution in [0.15, 0.2) is 42.7 Å². The number of ether oxygens (including phenoxy) is 2. The first kappa shape index (κ1) is 24.3. The number of methoxy groups -OCH3 is 1. The van der Waals surface area contributed by atoms with Crippen LogP contribution in [-0.4, -0.2) is 47.0 Å². The summed E-state index contributed by atoms with van der Waals surface area (Å²) in [6, 6.07) is 6.66. The van der Waals surface area contributed by atoms with Gasteiger partial charge < -0.3 is 20.5 Å². The molecule has 0 aliphatic carbocycles. The molecule has 3 aromatic rings. The van der Waals surface area contributed by atoms with Crippen LogP contribution >= 0.6 is 0 Å². The molecule has 176 valence electrons. The lowest BCUT2D eigenvalue weighted by Crippen LogP contribution is -2.19. The van der Waals surface area contributed by atoms with Gasteiger partial charge in [-0.1, -0.05) is 0 Å². The van der Waals surface area contributed by atoms with Crippen LogP contribution in [0.25, 0.3) is 11.3 Å². The number of aromatic nitrogens is 3. The number of nitrogens with one attached hydrogen (secondary N) is 1. The van der Waals surface area contributed by atoms with Gasteiger partial charge in [0.05, 0.1) is 19.0 Å². The number of nitrogens with zero attached hydrogens (tertiary/aromatic N) is 3. The highest BCUT2D eigenvalue weighted by Crippen LogP contribution is 2.27. The Morgan fingerprint density at radius 1 is 1.21 bits per heavy atom. The third kappa shape index (κ3) is 6.80. The monoisotopic (exact) mass is 459 g/mol. The number of hydrogen-bond acceptors (Lipinski definition) is 6. The molecule has 3 N–H and O–H groups in total. The lowest BCUT2D eigenvalue weighted by atomic mass is 10.1. The standard InChI is InChI=1S/C17H14F2N4O2.C6H13NO/c1-23-9-10(8-20-23)21-17(24)15-6-5-13(18)16(22-15)12-4-3-11(25-2)7-14(12)19;7-6-2-1-4-8-5-3-6/h3-9H,1-2H3,(H,21,24);6H,1-5,7H2. The Kier molecular flexibility index (Phi) is 8.45. The van der Waals surface area contributed by atoms with E-state index in [-0.39, 0.29) is 17.0 Å². The molecule has 10 heteroatoms. The zero-order valence-corrected chi connectivity index (χ0v) is 18.6. The van der Waals surface area contributed by atoms with Crippen LogP contribution < -0.4 is 15.8 Å². The maximum absolute atomic E-state index is 14.2. The second-order valence-electron chi connectivity index (χ2n) is 7.53. The number of halogens is 2. The third-order valence-corrected chi connectivity index (χ3v) is 4.97. The molecule has 8 nitrogen and oxygen atoms in total. The molecule has 3 heterocycles. The zero-order chi connectivity index (χ0) is 23.8. The van der Waals surface area contributed by atoms with Gasteiger partial charge in [0, 0.05) is 44.1 Å². The van der Waals surface area contributed by atoms with Gasteiger partial charge in [0.25, 0.3) is 5.91 Å². The summed E-state index contributed by atoms with van der Waals surface area (Å²) in [4.78, 5) is 16.2.